The second-order valence-electron chi connectivity index (χ2n) is 5.88. The summed E-state index contributed by atoms with van der Waals surface area (Å²) in [4.78, 5) is 11.2. The van der Waals surface area contributed by atoms with Crippen LogP contribution in [0.15, 0.2) is 24.7 Å². The number of anilines is 2. The minimum atomic E-state index is 0.880. The molecule has 0 spiro atoms. The van der Waals surface area contributed by atoms with E-state index in [9.17, 15) is 0 Å². The van der Waals surface area contributed by atoms with E-state index >= 15 is 0 Å². The molecule has 0 unspecified atom stereocenters. The van der Waals surface area contributed by atoms with Crippen LogP contribution in [0.3, 0.4) is 0 Å². The van der Waals surface area contributed by atoms with E-state index in [1.165, 1.54) is 5.56 Å². The van der Waals surface area contributed by atoms with Gasteiger partial charge in [-0.05, 0) is 31.7 Å². The van der Waals surface area contributed by atoms with Crippen LogP contribution >= 0.6 is 0 Å². The molecule has 3 aromatic rings. The fourth-order valence-electron chi connectivity index (χ4n) is 2.95. The summed E-state index contributed by atoms with van der Waals surface area (Å²) in [5.41, 5.74) is 5.62. The van der Waals surface area contributed by atoms with Gasteiger partial charge in [0.25, 0.3) is 0 Å². The van der Waals surface area contributed by atoms with Crippen LogP contribution in [0.2, 0.25) is 0 Å². The predicted molar refractivity (Wildman–Crippen MR) is 86.2 cm³/mol. The molecule has 4 rings (SSSR count). The van der Waals surface area contributed by atoms with Crippen molar-refractivity contribution in [2.45, 2.75) is 19.9 Å². The summed E-state index contributed by atoms with van der Waals surface area (Å²) in [6.45, 7) is 4.01. The highest BCUT2D eigenvalue weighted by Gasteiger charge is 2.19. The molecule has 1 aliphatic heterocycles. The Labute approximate surface area is 128 Å². The van der Waals surface area contributed by atoms with Crippen LogP contribution in [0.5, 0.6) is 0 Å². The minimum Gasteiger partial charge on any atom is -0.340 e. The smallest absolute Gasteiger partial charge is 0.138 e. The first-order valence-corrected chi connectivity index (χ1v) is 7.43. The van der Waals surface area contributed by atoms with Crippen molar-refractivity contribution >= 4 is 22.4 Å². The molecule has 0 bridgehead atoms. The fourth-order valence-corrected chi connectivity index (χ4v) is 2.95. The van der Waals surface area contributed by atoms with E-state index in [4.69, 9.17) is 0 Å². The topological polar surface area (TPSA) is 69.7 Å². The maximum absolute atomic E-state index is 4.46. The molecule has 22 heavy (non-hydrogen) atoms. The second-order valence-corrected chi connectivity index (χ2v) is 5.88. The van der Waals surface area contributed by atoms with E-state index in [2.05, 4.69) is 56.5 Å². The van der Waals surface area contributed by atoms with E-state index in [0.29, 0.717) is 0 Å². The monoisotopic (exact) mass is 294 g/mol. The van der Waals surface area contributed by atoms with Gasteiger partial charge in [0.1, 0.15) is 12.1 Å². The molecule has 0 fully saturated rings. The summed E-state index contributed by atoms with van der Waals surface area (Å²) < 4.78 is 0. The van der Waals surface area contributed by atoms with Gasteiger partial charge >= 0.3 is 0 Å². The predicted octanol–water partition coefficient (Wildman–Crippen LogP) is 2.39. The number of H-pyrrole nitrogens is 1. The first kappa shape index (κ1) is 13.2. The van der Waals surface area contributed by atoms with Crippen molar-refractivity contribution in [1.29, 1.82) is 0 Å². The van der Waals surface area contributed by atoms with Crippen molar-refractivity contribution < 1.29 is 0 Å². The van der Waals surface area contributed by atoms with Gasteiger partial charge in [-0.15, -0.1) is 0 Å². The number of aromatic nitrogens is 4. The zero-order chi connectivity index (χ0) is 15.1. The molecule has 0 saturated heterocycles. The van der Waals surface area contributed by atoms with E-state index in [1.807, 2.05) is 6.20 Å². The van der Waals surface area contributed by atoms with Crippen molar-refractivity contribution in [3.63, 3.8) is 0 Å². The van der Waals surface area contributed by atoms with Crippen molar-refractivity contribution in [2.24, 2.45) is 0 Å². The number of aromatic amines is 1. The molecule has 6 heteroatoms. The Morgan fingerprint density at radius 2 is 2.18 bits per heavy atom. The number of fused-ring (bicyclic) bond motifs is 2. The van der Waals surface area contributed by atoms with Crippen LogP contribution in [0, 0.1) is 6.92 Å². The van der Waals surface area contributed by atoms with Crippen molar-refractivity contribution in [1.82, 2.24) is 25.1 Å². The van der Waals surface area contributed by atoms with Crippen molar-refractivity contribution in [3.05, 3.63) is 41.5 Å². The lowest BCUT2D eigenvalue weighted by Crippen LogP contribution is -2.28. The number of hydrogen-bond acceptors (Lipinski definition) is 5. The van der Waals surface area contributed by atoms with Gasteiger partial charge in [-0.3, -0.25) is 5.10 Å². The van der Waals surface area contributed by atoms with E-state index in [0.717, 1.165) is 53.2 Å². The summed E-state index contributed by atoms with van der Waals surface area (Å²) in [5.74, 6) is 0.905. The number of nitrogens with zero attached hydrogens (tertiary/aromatic N) is 4. The Kier molecular flexibility index (Phi) is 3.04. The highest BCUT2D eigenvalue weighted by molar-refractivity contribution is 5.84. The van der Waals surface area contributed by atoms with E-state index < -0.39 is 0 Å². The minimum absolute atomic E-state index is 0.880. The zero-order valence-electron chi connectivity index (χ0n) is 12.7. The molecule has 0 saturated carbocycles. The van der Waals surface area contributed by atoms with Gasteiger partial charge in [0.15, 0.2) is 0 Å². The molecule has 0 amide bonds. The SMILES string of the molecule is Cc1cc2[nH]ncc2cc1Nc1ncnc2c1CN(C)CC2. The van der Waals surface area contributed by atoms with Gasteiger partial charge in [-0.1, -0.05) is 0 Å². The lowest BCUT2D eigenvalue weighted by atomic mass is 10.1. The number of benzene rings is 1. The molecule has 2 aromatic heterocycles. The Hall–Kier alpha value is -2.47. The zero-order valence-corrected chi connectivity index (χ0v) is 12.7. The van der Waals surface area contributed by atoms with Crippen LogP contribution in [0.25, 0.3) is 10.9 Å². The lowest BCUT2D eigenvalue weighted by Gasteiger charge is -2.25. The van der Waals surface area contributed by atoms with Crippen LogP contribution < -0.4 is 5.32 Å². The third-order valence-corrected chi connectivity index (χ3v) is 4.23. The summed E-state index contributed by atoms with van der Waals surface area (Å²) in [7, 11) is 2.13. The van der Waals surface area contributed by atoms with Crippen LogP contribution in [-0.4, -0.2) is 38.7 Å². The highest BCUT2D eigenvalue weighted by Crippen LogP contribution is 2.28. The summed E-state index contributed by atoms with van der Waals surface area (Å²) in [6.07, 6.45) is 4.46. The molecule has 3 heterocycles. The third-order valence-electron chi connectivity index (χ3n) is 4.23. The Bertz CT molecular complexity index is 838. The van der Waals surface area contributed by atoms with E-state index in [1.54, 1.807) is 6.33 Å². The average Bonchev–Trinajstić information content (AvgIpc) is 2.95. The molecule has 0 radical (unpaired) electrons. The number of nitrogens with one attached hydrogen (secondary N) is 2. The maximum atomic E-state index is 4.46. The Morgan fingerprint density at radius 1 is 1.27 bits per heavy atom. The molecule has 6 nitrogen and oxygen atoms in total. The number of aryl methyl sites for hydroxylation is 1. The third kappa shape index (κ3) is 2.21. The van der Waals surface area contributed by atoms with Crippen molar-refractivity contribution in [3.8, 4) is 0 Å². The van der Waals surface area contributed by atoms with E-state index in [-0.39, 0.29) is 0 Å². The molecular formula is C16H18N6. The number of likely N-dealkylation sites (N-methyl/N-ethyl adjacent to an activating group) is 1. The Balaban J connectivity index is 1.75. The lowest BCUT2D eigenvalue weighted by molar-refractivity contribution is 0.310. The first-order valence-electron chi connectivity index (χ1n) is 7.43. The van der Waals surface area contributed by atoms with Gasteiger partial charge in [0.2, 0.25) is 0 Å². The largest absolute Gasteiger partial charge is 0.340 e. The number of hydrogen-bond donors (Lipinski definition) is 2. The molecule has 1 aliphatic rings. The molecule has 0 aliphatic carbocycles. The standard InChI is InChI=1S/C16H18N6/c1-10-5-15-11(7-19-21-15)6-14(10)20-16-12-8-22(2)4-3-13(12)17-9-18-16/h5-7,9H,3-4,8H2,1-2H3,(H,19,21)(H,17,18,20). The summed E-state index contributed by atoms with van der Waals surface area (Å²) >= 11 is 0. The van der Waals surface area contributed by atoms with Gasteiger partial charge in [-0.2, -0.15) is 5.10 Å². The molecular weight excluding hydrogens is 276 g/mol. The average molecular weight is 294 g/mol. The van der Waals surface area contributed by atoms with Crippen LogP contribution in [0.1, 0.15) is 16.8 Å². The number of rotatable bonds is 2. The fraction of sp³-hybridized carbons (Fsp3) is 0.312. The molecule has 2 N–H and O–H groups in total. The van der Waals surface area contributed by atoms with Gasteiger partial charge in [0.05, 0.1) is 17.4 Å². The first-order chi connectivity index (χ1) is 10.7. The maximum Gasteiger partial charge on any atom is 0.138 e. The summed E-state index contributed by atoms with van der Waals surface area (Å²) in [5, 5.41) is 11.7. The molecule has 1 aromatic carbocycles. The van der Waals surface area contributed by atoms with Gasteiger partial charge in [-0.25, -0.2) is 9.97 Å². The van der Waals surface area contributed by atoms with Crippen LogP contribution in [-0.2, 0) is 13.0 Å². The van der Waals surface area contributed by atoms with Crippen LogP contribution in [0.4, 0.5) is 11.5 Å². The molecule has 112 valence electrons. The summed E-state index contributed by atoms with van der Waals surface area (Å²) in [6, 6.07) is 4.21. The highest BCUT2D eigenvalue weighted by atomic mass is 15.1. The molecule has 0 atom stereocenters. The van der Waals surface area contributed by atoms with Gasteiger partial charge in [0, 0.05) is 36.1 Å². The second kappa shape index (κ2) is 5.06. The quantitative estimate of drug-likeness (QED) is 0.759. The normalized spacial score (nSPS) is 15.0. The van der Waals surface area contributed by atoms with Gasteiger partial charge < -0.3 is 10.2 Å². The van der Waals surface area contributed by atoms with Crippen molar-refractivity contribution in [2.75, 3.05) is 18.9 Å². The Morgan fingerprint density at radius 3 is 3.09 bits per heavy atom.